The highest BCUT2D eigenvalue weighted by Crippen LogP contribution is 2.05. The van der Waals surface area contributed by atoms with E-state index in [1.54, 1.807) is 0 Å². The van der Waals surface area contributed by atoms with Gasteiger partial charge >= 0.3 is 0 Å². The predicted octanol–water partition coefficient (Wildman–Crippen LogP) is -2.13. The fraction of sp³-hybridized carbons (Fsp3) is 1.00. The molecule has 0 fully saturated rings. The largest absolute Gasteiger partial charge is 0.391 e. The quantitative estimate of drug-likeness (QED) is 0.244. The van der Waals surface area contributed by atoms with Gasteiger partial charge in [-0.05, 0) is 13.8 Å². The molecule has 0 aromatic heterocycles. The van der Waals surface area contributed by atoms with Crippen LogP contribution in [0.4, 0.5) is 0 Å². The van der Waals surface area contributed by atoms with Gasteiger partial charge in [0, 0.05) is 0 Å². The molecule has 0 aliphatic heterocycles. The number of hydrazine groups is 1. The van der Waals surface area contributed by atoms with Crippen molar-refractivity contribution in [2.24, 2.45) is 5.84 Å². The maximum absolute atomic E-state index is 9.26. The second kappa shape index (κ2) is 5.41. The van der Waals surface area contributed by atoms with Crippen molar-refractivity contribution < 1.29 is 20.2 Å². The molecule has 0 amide bonds. The van der Waals surface area contributed by atoms with Gasteiger partial charge in [-0.15, -0.1) is 5.59 Å². The molecule has 0 radical (unpaired) electrons. The van der Waals surface area contributed by atoms with Crippen molar-refractivity contribution in [1.29, 1.82) is 0 Å². The first-order valence-corrected chi connectivity index (χ1v) is 3.66. The lowest BCUT2D eigenvalue weighted by Gasteiger charge is -2.24. The summed E-state index contributed by atoms with van der Waals surface area (Å²) in [6.07, 6.45) is -4.13. The van der Waals surface area contributed by atoms with Crippen LogP contribution >= 0.6 is 0 Å². The van der Waals surface area contributed by atoms with Crippen LogP contribution in [0.25, 0.3) is 0 Å². The maximum Gasteiger partial charge on any atom is 0.110 e. The highest BCUT2D eigenvalue weighted by molar-refractivity contribution is 4.76. The molecular weight excluding hydrogens is 164 g/mol. The number of aliphatic hydroxyl groups is 3. The lowest BCUT2D eigenvalue weighted by molar-refractivity contribution is -0.137. The molecule has 0 unspecified atom stereocenters. The van der Waals surface area contributed by atoms with E-state index in [1.165, 1.54) is 13.8 Å². The number of nitrogens with one attached hydrogen (secondary N) is 1. The van der Waals surface area contributed by atoms with E-state index in [1.807, 2.05) is 5.59 Å². The number of nitrogens with two attached hydrogens (primary N) is 1. The lowest BCUT2D eigenvalue weighted by Crippen LogP contribution is -2.45. The zero-order chi connectivity index (χ0) is 9.72. The van der Waals surface area contributed by atoms with Crippen molar-refractivity contribution in [1.82, 2.24) is 5.59 Å². The van der Waals surface area contributed by atoms with Gasteiger partial charge in [-0.25, -0.2) is 5.84 Å². The van der Waals surface area contributed by atoms with Crippen molar-refractivity contribution in [3.63, 3.8) is 0 Å². The Morgan fingerprint density at radius 1 is 1.17 bits per heavy atom. The van der Waals surface area contributed by atoms with Crippen LogP contribution in [0.15, 0.2) is 0 Å². The van der Waals surface area contributed by atoms with E-state index in [9.17, 15) is 5.11 Å². The highest BCUT2D eigenvalue weighted by Gasteiger charge is 2.27. The van der Waals surface area contributed by atoms with Gasteiger partial charge in [0.05, 0.1) is 6.10 Å². The Morgan fingerprint density at radius 2 is 1.67 bits per heavy atom. The van der Waals surface area contributed by atoms with Gasteiger partial charge in [0.15, 0.2) is 0 Å². The third-order valence-corrected chi connectivity index (χ3v) is 1.58. The van der Waals surface area contributed by atoms with Gasteiger partial charge in [-0.1, -0.05) is 0 Å². The number of aliphatic hydroxyl groups excluding tert-OH is 3. The summed E-state index contributed by atoms with van der Waals surface area (Å²) in [4.78, 5) is 4.58. The minimum atomic E-state index is -1.24. The monoisotopic (exact) mass is 180 g/mol. The van der Waals surface area contributed by atoms with Gasteiger partial charge in [-0.3, -0.25) is 4.84 Å². The molecule has 0 spiro atoms. The molecule has 74 valence electrons. The van der Waals surface area contributed by atoms with Crippen molar-refractivity contribution in [2.45, 2.75) is 38.3 Å². The van der Waals surface area contributed by atoms with E-state index in [0.717, 1.165) is 0 Å². The topological polar surface area (TPSA) is 108 Å². The number of rotatable bonds is 5. The van der Waals surface area contributed by atoms with Gasteiger partial charge in [-0.2, -0.15) is 0 Å². The molecule has 6 N–H and O–H groups in total. The van der Waals surface area contributed by atoms with E-state index >= 15 is 0 Å². The molecule has 0 bridgehead atoms. The molecule has 6 nitrogen and oxygen atoms in total. The molecular formula is C6H16N2O4. The summed E-state index contributed by atoms with van der Waals surface area (Å²) in [5, 5.41) is 27.3. The molecule has 12 heavy (non-hydrogen) atoms. The Balaban J connectivity index is 3.90. The summed E-state index contributed by atoms with van der Waals surface area (Å²) in [5.74, 6) is 4.82. The fourth-order valence-corrected chi connectivity index (χ4v) is 0.740. The Labute approximate surface area is 70.9 Å². The third-order valence-electron chi connectivity index (χ3n) is 1.58. The molecule has 0 saturated carbocycles. The van der Waals surface area contributed by atoms with E-state index < -0.39 is 24.4 Å². The second-order valence-corrected chi connectivity index (χ2v) is 2.66. The van der Waals surface area contributed by atoms with Gasteiger partial charge < -0.3 is 15.3 Å². The molecule has 0 saturated heterocycles. The van der Waals surface area contributed by atoms with E-state index in [2.05, 4.69) is 4.84 Å². The van der Waals surface area contributed by atoms with Crippen LogP contribution in [0.5, 0.6) is 0 Å². The van der Waals surface area contributed by atoms with Crippen molar-refractivity contribution >= 4 is 0 Å². The fourth-order valence-electron chi connectivity index (χ4n) is 0.740. The van der Waals surface area contributed by atoms with E-state index in [-0.39, 0.29) is 0 Å². The summed E-state index contributed by atoms with van der Waals surface area (Å²) in [6, 6.07) is 0. The molecule has 0 aromatic rings. The summed E-state index contributed by atoms with van der Waals surface area (Å²) in [6.45, 7) is 2.88. The molecule has 0 aliphatic rings. The Kier molecular flexibility index (Phi) is 5.31. The van der Waals surface area contributed by atoms with Crippen molar-refractivity contribution in [3.05, 3.63) is 0 Å². The summed E-state index contributed by atoms with van der Waals surface area (Å²) in [7, 11) is 0. The van der Waals surface area contributed by atoms with Crippen molar-refractivity contribution in [2.75, 3.05) is 0 Å². The number of hydrogen-bond donors (Lipinski definition) is 5. The molecule has 0 rings (SSSR count). The molecule has 0 aromatic carbocycles. The summed E-state index contributed by atoms with van der Waals surface area (Å²) in [5.41, 5.74) is 1.89. The van der Waals surface area contributed by atoms with Crippen LogP contribution in [0.2, 0.25) is 0 Å². The Morgan fingerprint density at radius 3 is 2.00 bits per heavy atom. The lowest BCUT2D eigenvalue weighted by atomic mass is 10.1. The zero-order valence-corrected chi connectivity index (χ0v) is 7.14. The predicted molar refractivity (Wildman–Crippen MR) is 41.6 cm³/mol. The Hall–Kier alpha value is -0.240. The van der Waals surface area contributed by atoms with E-state index in [4.69, 9.17) is 16.1 Å². The molecule has 0 aliphatic carbocycles. The number of hydrogen-bond acceptors (Lipinski definition) is 6. The smallest absolute Gasteiger partial charge is 0.110 e. The summed E-state index contributed by atoms with van der Waals surface area (Å²) < 4.78 is 0. The second-order valence-electron chi connectivity index (χ2n) is 2.66. The first kappa shape index (κ1) is 11.8. The Bertz CT molecular complexity index is 122. The molecule has 0 heterocycles. The van der Waals surface area contributed by atoms with Crippen LogP contribution in [0.1, 0.15) is 13.8 Å². The van der Waals surface area contributed by atoms with Gasteiger partial charge in [0.2, 0.25) is 0 Å². The first-order valence-electron chi connectivity index (χ1n) is 3.66. The van der Waals surface area contributed by atoms with Crippen LogP contribution in [-0.4, -0.2) is 39.7 Å². The van der Waals surface area contributed by atoms with Crippen molar-refractivity contribution in [3.8, 4) is 0 Å². The zero-order valence-electron chi connectivity index (χ0n) is 7.14. The standard InChI is InChI=1S/C6H16N2O4/c1-3(9)5(10)6(11)4(2)12-8-7/h3-6,8-11H,7H2,1-2H3/t3-,4+,5+,6-/m0/s1. The average molecular weight is 180 g/mol. The molecule has 4 atom stereocenters. The first-order chi connectivity index (χ1) is 5.50. The van der Waals surface area contributed by atoms with Gasteiger partial charge in [0.25, 0.3) is 0 Å². The van der Waals surface area contributed by atoms with Crippen LogP contribution in [-0.2, 0) is 4.84 Å². The normalized spacial score (nSPS) is 21.5. The van der Waals surface area contributed by atoms with E-state index in [0.29, 0.717) is 0 Å². The average Bonchev–Trinajstić information content (AvgIpc) is 2.02. The van der Waals surface area contributed by atoms with Gasteiger partial charge in [0.1, 0.15) is 18.3 Å². The van der Waals surface area contributed by atoms with Crippen LogP contribution in [0, 0.1) is 0 Å². The maximum atomic E-state index is 9.26. The minimum absolute atomic E-state index is 0.695. The molecule has 6 heteroatoms. The third kappa shape index (κ3) is 3.44. The SMILES string of the molecule is C[C@H](O)[C@@H](O)[C@@H](O)[C@@H](C)ONN. The highest BCUT2D eigenvalue weighted by atomic mass is 16.7. The summed E-state index contributed by atoms with van der Waals surface area (Å²) >= 11 is 0. The van der Waals surface area contributed by atoms with Crippen LogP contribution < -0.4 is 11.4 Å². The minimum Gasteiger partial charge on any atom is -0.391 e. The van der Waals surface area contributed by atoms with Crippen LogP contribution in [0.3, 0.4) is 0 Å².